The quantitative estimate of drug-likeness (QED) is 0.635. The SMILES string of the molecule is [CH2]C(CC)c1ccccc1CC. The molecule has 0 aromatic heterocycles. The molecule has 1 aromatic carbocycles. The third-order valence-electron chi connectivity index (χ3n) is 2.37. The van der Waals surface area contributed by atoms with Crippen LogP contribution in [-0.4, -0.2) is 0 Å². The van der Waals surface area contributed by atoms with Gasteiger partial charge in [0.25, 0.3) is 0 Å². The Morgan fingerprint density at radius 1 is 1.25 bits per heavy atom. The van der Waals surface area contributed by atoms with Gasteiger partial charge in [-0.1, -0.05) is 38.1 Å². The zero-order chi connectivity index (χ0) is 8.97. The lowest BCUT2D eigenvalue weighted by Gasteiger charge is -2.12. The minimum absolute atomic E-state index is 0.459. The van der Waals surface area contributed by atoms with Crippen molar-refractivity contribution in [3.05, 3.63) is 42.3 Å². The maximum atomic E-state index is 4.14. The first-order valence-electron chi connectivity index (χ1n) is 4.70. The highest BCUT2D eigenvalue weighted by Gasteiger charge is 2.05. The van der Waals surface area contributed by atoms with E-state index in [0.717, 1.165) is 12.8 Å². The first kappa shape index (κ1) is 9.31. The molecule has 0 amide bonds. The summed E-state index contributed by atoms with van der Waals surface area (Å²) in [5.74, 6) is 0.459. The minimum atomic E-state index is 0.459. The standard InChI is InChI=1S/C12H17/c1-4-10(3)12-9-7-6-8-11(12)5-2/h6-10H,3-5H2,1-2H3. The Hall–Kier alpha value is -0.780. The van der Waals surface area contributed by atoms with Crippen molar-refractivity contribution in [1.82, 2.24) is 0 Å². The van der Waals surface area contributed by atoms with Crippen LogP contribution >= 0.6 is 0 Å². The van der Waals surface area contributed by atoms with E-state index in [9.17, 15) is 0 Å². The van der Waals surface area contributed by atoms with Gasteiger partial charge in [-0.25, -0.2) is 0 Å². The van der Waals surface area contributed by atoms with Crippen LogP contribution in [0, 0.1) is 6.92 Å². The Bertz CT molecular complexity index is 238. The summed E-state index contributed by atoms with van der Waals surface area (Å²) in [6, 6.07) is 8.59. The normalized spacial score (nSPS) is 12.9. The Labute approximate surface area is 75.6 Å². The number of hydrogen-bond acceptors (Lipinski definition) is 0. The molecule has 0 saturated heterocycles. The first-order chi connectivity index (χ1) is 5.79. The fourth-order valence-corrected chi connectivity index (χ4v) is 1.47. The Morgan fingerprint density at radius 2 is 1.92 bits per heavy atom. The molecule has 0 spiro atoms. The van der Waals surface area contributed by atoms with E-state index in [-0.39, 0.29) is 0 Å². The monoisotopic (exact) mass is 161 g/mol. The smallest absolute Gasteiger partial charge is 0.0162 e. The van der Waals surface area contributed by atoms with Crippen LogP contribution in [0.1, 0.15) is 37.3 Å². The molecular weight excluding hydrogens is 144 g/mol. The number of benzene rings is 1. The van der Waals surface area contributed by atoms with Crippen LogP contribution in [-0.2, 0) is 6.42 Å². The fraction of sp³-hybridized carbons (Fsp3) is 0.417. The molecule has 0 aliphatic heterocycles. The van der Waals surface area contributed by atoms with Crippen molar-refractivity contribution in [2.24, 2.45) is 0 Å². The van der Waals surface area contributed by atoms with Gasteiger partial charge in [0.2, 0.25) is 0 Å². The summed E-state index contributed by atoms with van der Waals surface area (Å²) in [5.41, 5.74) is 2.86. The van der Waals surface area contributed by atoms with Gasteiger partial charge < -0.3 is 0 Å². The zero-order valence-electron chi connectivity index (χ0n) is 8.01. The van der Waals surface area contributed by atoms with E-state index < -0.39 is 0 Å². The second-order valence-electron chi connectivity index (χ2n) is 3.16. The van der Waals surface area contributed by atoms with E-state index >= 15 is 0 Å². The van der Waals surface area contributed by atoms with Crippen LogP contribution in [0.2, 0.25) is 0 Å². The molecule has 1 radical (unpaired) electrons. The van der Waals surface area contributed by atoms with Gasteiger partial charge in [0.05, 0.1) is 0 Å². The van der Waals surface area contributed by atoms with Crippen LogP contribution in [0.4, 0.5) is 0 Å². The maximum absolute atomic E-state index is 4.14. The van der Waals surface area contributed by atoms with E-state index in [2.05, 4.69) is 45.0 Å². The Morgan fingerprint density at radius 3 is 2.50 bits per heavy atom. The Balaban J connectivity index is 2.96. The van der Waals surface area contributed by atoms with Gasteiger partial charge >= 0.3 is 0 Å². The number of rotatable bonds is 3. The summed E-state index contributed by atoms with van der Waals surface area (Å²) in [6.07, 6.45) is 2.24. The zero-order valence-corrected chi connectivity index (χ0v) is 8.01. The van der Waals surface area contributed by atoms with Crippen molar-refractivity contribution in [3.63, 3.8) is 0 Å². The highest BCUT2D eigenvalue weighted by atomic mass is 14.1. The van der Waals surface area contributed by atoms with E-state index in [1.165, 1.54) is 11.1 Å². The summed E-state index contributed by atoms with van der Waals surface area (Å²) in [7, 11) is 0. The number of hydrogen-bond donors (Lipinski definition) is 0. The van der Waals surface area contributed by atoms with Crippen LogP contribution < -0.4 is 0 Å². The van der Waals surface area contributed by atoms with Crippen molar-refractivity contribution < 1.29 is 0 Å². The molecule has 0 aliphatic rings. The molecule has 0 aliphatic carbocycles. The highest BCUT2D eigenvalue weighted by Crippen LogP contribution is 2.22. The van der Waals surface area contributed by atoms with Gasteiger partial charge in [0.15, 0.2) is 0 Å². The molecule has 65 valence electrons. The van der Waals surface area contributed by atoms with E-state index in [0.29, 0.717) is 5.92 Å². The molecule has 0 N–H and O–H groups in total. The molecule has 1 unspecified atom stereocenters. The van der Waals surface area contributed by atoms with Crippen LogP contribution in [0.5, 0.6) is 0 Å². The van der Waals surface area contributed by atoms with Gasteiger partial charge in [-0.15, -0.1) is 0 Å². The largest absolute Gasteiger partial charge is 0.0648 e. The summed E-state index contributed by atoms with van der Waals surface area (Å²) >= 11 is 0. The maximum Gasteiger partial charge on any atom is -0.0162 e. The van der Waals surface area contributed by atoms with Gasteiger partial charge in [-0.2, -0.15) is 0 Å². The highest BCUT2D eigenvalue weighted by molar-refractivity contribution is 5.30. The average molecular weight is 161 g/mol. The third-order valence-corrected chi connectivity index (χ3v) is 2.37. The topological polar surface area (TPSA) is 0 Å². The lowest BCUT2D eigenvalue weighted by Crippen LogP contribution is -1.96. The average Bonchev–Trinajstić information content (AvgIpc) is 2.16. The molecule has 1 aromatic rings. The van der Waals surface area contributed by atoms with Crippen molar-refractivity contribution >= 4 is 0 Å². The molecule has 0 bridgehead atoms. The molecule has 1 rings (SSSR count). The van der Waals surface area contributed by atoms with Gasteiger partial charge in [0.1, 0.15) is 0 Å². The van der Waals surface area contributed by atoms with Crippen LogP contribution in [0.15, 0.2) is 24.3 Å². The summed E-state index contributed by atoms with van der Waals surface area (Å²) in [6.45, 7) is 8.52. The summed E-state index contributed by atoms with van der Waals surface area (Å²) in [5, 5.41) is 0. The van der Waals surface area contributed by atoms with Crippen molar-refractivity contribution in [2.75, 3.05) is 0 Å². The van der Waals surface area contributed by atoms with Gasteiger partial charge in [0, 0.05) is 0 Å². The number of aryl methyl sites for hydroxylation is 1. The predicted molar refractivity (Wildman–Crippen MR) is 54.2 cm³/mol. The molecule has 0 nitrogen and oxygen atoms in total. The molecule has 12 heavy (non-hydrogen) atoms. The predicted octanol–water partition coefficient (Wildman–Crippen LogP) is 3.58. The molecule has 0 heteroatoms. The van der Waals surface area contributed by atoms with E-state index in [4.69, 9.17) is 0 Å². The lowest BCUT2D eigenvalue weighted by atomic mass is 9.93. The molecule has 1 atom stereocenters. The second kappa shape index (κ2) is 4.30. The second-order valence-corrected chi connectivity index (χ2v) is 3.16. The van der Waals surface area contributed by atoms with Crippen molar-refractivity contribution in [2.45, 2.75) is 32.6 Å². The van der Waals surface area contributed by atoms with Crippen molar-refractivity contribution in [1.29, 1.82) is 0 Å². The lowest BCUT2D eigenvalue weighted by molar-refractivity contribution is 0.788. The minimum Gasteiger partial charge on any atom is -0.0648 e. The summed E-state index contributed by atoms with van der Waals surface area (Å²) in [4.78, 5) is 0. The molecule has 0 fully saturated rings. The van der Waals surface area contributed by atoms with Gasteiger partial charge in [-0.05, 0) is 36.8 Å². The molecule has 0 heterocycles. The Kier molecular flexibility index (Phi) is 3.33. The van der Waals surface area contributed by atoms with Crippen LogP contribution in [0.3, 0.4) is 0 Å². The van der Waals surface area contributed by atoms with Crippen molar-refractivity contribution in [3.8, 4) is 0 Å². The molecular formula is C12H17. The van der Waals surface area contributed by atoms with E-state index in [1.54, 1.807) is 0 Å². The summed E-state index contributed by atoms with van der Waals surface area (Å²) < 4.78 is 0. The van der Waals surface area contributed by atoms with Gasteiger partial charge in [-0.3, -0.25) is 0 Å². The fourth-order valence-electron chi connectivity index (χ4n) is 1.47. The van der Waals surface area contributed by atoms with E-state index in [1.807, 2.05) is 0 Å². The molecule has 0 saturated carbocycles. The van der Waals surface area contributed by atoms with Crippen LogP contribution in [0.25, 0.3) is 0 Å². The first-order valence-corrected chi connectivity index (χ1v) is 4.70. The third kappa shape index (κ3) is 1.88.